The fourth-order valence-electron chi connectivity index (χ4n) is 1.37. The standard InChI is InChI=1S/C8H11NO4S2/c1-4-6(7(12)13)15-8(14)9(4)3-2-5(10)11/h4,6H,2-3H2,1H3,(H,10,11)(H,12,13). The maximum atomic E-state index is 10.8. The summed E-state index contributed by atoms with van der Waals surface area (Å²) in [7, 11) is 0. The molecule has 1 fully saturated rings. The number of carbonyl (C=O) groups is 2. The summed E-state index contributed by atoms with van der Waals surface area (Å²) in [5.74, 6) is -1.82. The molecular weight excluding hydrogens is 238 g/mol. The highest BCUT2D eigenvalue weighted by Gasteiger charge is 2.39. The summed E-state index contributed by atoms with van der Waals surface area (Å²) in [5, 5.41) is 16.8. The number of aliphatic carboxylic acids is 2. The summed E-state index contributed by atoms with van der Waals surface area (Å²) in [6, 6.07) is -0.251. The number of hydrogen-bond acceptors (Lipinski definition) is 4. The van der Waals surface area contributed by atoms with Gasteiger partial charge < -0.3 is 15.1 Å². The normalized spacial score (nSPS) is 25.7. The molecule has 1 saturated heterocycles. The highest BCUT2D eigenvalue weighted by molar-refractivity contribution is 8.24. The molecule has 0 aromatic carbocycles. The van der Waals surface area contributed by atoms with E-state index < -0.39 is 17.2 Å². The number of hydrogen-bond donors (Lipinski definition) is 2. The molecule has 1 rings (SSSR count). The van der Waals surface area contributed by atoms with Crippen LogP contribution in [0.25, 0.3) is 0 Å². The molecule has 2 atom stereocenters. The Bertz CT molecular complexity index is 307. The third-order valence-corrected chi connectivity index (χ3v) is 4.01. The van der Waals surface area contributed by atoms with Crippen molar-refractivity contribution in [1.82, 2.24) is 4.90 Å². The minimum Gasteiger partial charge on any atom is -0.481 e. The first-order valence-corrected chi connectivity index (χ1v) is 5.64. The molecule has 0 amide bonds. The predicted molar refractivity (Wildman–Crippen MR) is 60.0 cm³/mol. The average molecular weight is 249 g/mol. The van der Waals surface area contributed by atoms with Crippen LogP contribution in [0.15, 0.2) is 0 Å². The molecular formula is C8H11NO4S2. The summed E-state index contributed by atoms with van der Waals surface area (Å²) >= 11 is 6.10. The summed E-state index contributed by atoms with van der Waals surface area (Å²) in [4.78, 5) is 22.9. The topological polar surface area (TPSA) is 77.8 Å². The molecule has 5 nitrogen and oxygen atoms in total. The first-order chi connectivity index (χ1) is 6.93. The lowest BCUT2D eigenvalue weighted by Crippen LogP contribution is -2.38. The van der Waals surface area contributed by atoms with Crippen molar-refractivity contribution >= 4 is 40.2 Å². The van der Waals surface area contributed by atoms with Crippen LogP contribution in [0.2, 0.25) is 0 Å². The van der Waals surface area contributed by atoms with E-state index in [9.17, 15) is 9.59 Å². The van der Waals surface area contributed by atoms with Crippen molar-refractivity contribution in [1.29, 1.82) is 0 Å². The van der Waals surface area contributed by atoms with E-state index in [0.717, 1.165) is 11.8 Å². The van der Waals surface area contributed by atoms with Gasteiger partial charge in [0.1, 0.15) is 9.57 Å². The van der Waals surface area contributed by atoms with Gasteiger partial charge in [-0.25, -0.2) is 0 Å². The van der Waals surface area contributed by atoms with Crippen LogP contribution in [0.4, 0.5) is 0 Å². The van der Waals surface area contributed by atoms with Gasteiger partial charge in [-0.2, -0.15) is 0 Å². The fourth-order valence-corrected chi connectivity index (χ4v) is 3.00. The highest BCUT2D eigenvalue weighted by Crippen LogP contribution is 2.31. The van der Waals surface area contributed by atoms with Crippen LogP contribution in [-0.2, 0) is 9.59 Å². The fraction of sp³-hybridized carbons (Fsp3) is 0.625. The van der Waals surface area contributed by atoms with Crippen molar-refractivity contribution in [2.75, 3.05) is 6.54 Å². The van der Waals surface area contributed by atoms with E-state index in [1.807, 2.05) is 0 Å². The number of nitrogens with zero attached hydrogens (tertiary/aromatic N) is 1. The van der Waals surface area contributed by atoms with Crippen LogP contribution < -0.4 is 0 Å². The zero-order valence-electron chi connectivity index (χ0n) is 8.04. The molecule has 7 heteroatoms. The average Bonchev–Trinajstić information content (AvgIpc) is 2.39. The second-order valence-corrected chi connectivity index (χ2v) is 5.00. The molecule has 0 spiro atoms. The molecule has 1 heterocycles. The van der Waals surface area contributed by atoms with E-state index >= 15 is 0 Å². The van der Waals surface area contributed by atoms with Crippen LogP contribution in [0.1, 0.15) is 13.3 Å². The molecule has 0 aromatic heterocycles. The maximum Gasteiger partial charge on any atom is 0.319 e. The summed E-state index contributed by atoms with van der Waals surface area (Å²) in [6.45, 7) is 2.01. The molecule has 1 aliphatic rings. The van der Waals surface area contributed by atoms with Gasteiger partial charge in [-0.3, -0.25) is 9.59 Å². The monoisotopic (exact) mass is 249 g/mol. The predicted octanol–water partition coefficient (Wildman–Crippen LogP) is 0.636. The van der Waals surface area contributed by atoms with E-state index in [-0.39, 0.29) is 19.0 Å². The van der Waals surface area contributed by atoms with Crippen LogP contribution >= 0.6 is 24.0 Å². The lowest BCUT2D eigenvalue weighted by atomic mass is 10.2. The number of carboxylic acid groups (broad SMARTS) is 2. The van der Waals surface area contributed by atoms with E-state index in [1.165, 1.54) is 0 Å². The molecule has 2 N–H and O–H groups in total. The van der Waals surface area contributed by atoms with E-state index in [2.05, 4.69) is 0 Å². The zero-order valence-corrected chi connectivity index (χ0v) is 9.68. The number of thioether (sulfide) groups is 1. The molecule has 2 unspecified atom stereocenters. The molecule has 84 valence electrons. The molecule has 15 heavy (non-hydrogen) atoms. The molecule has 0 bridgehead atoms. The van der Waals surface area contributed by atoms with Crippen molar-refractivity contribution in [3.63, 3.8) is 0 Å². The van der Waals surface area contributed by atoms with Crippen LogP contribution in [0, 0.1) is 0 Å². The second kappa shape index (κ2) is 4.80. The molecule has 1 aliphatic heterocycles. The Labute approximate surface area is 96.4 Å². The van der Waals surface area contributed by atoms with Crippen molar-refractivity contribution < 1.29 is 19.8 Å². The molecule has 0 radical (unpaired) electrons. The Morgan fingerprint density at radius 1 is 1.53 bits per heavy atom. The van der Waals surface area contributed by atoms with Gasteiger partial charge in [0.05, 0.1) is 12.5 Å². The minimum atomic E-state index is -0.910. The Morgan fingerprint density at radius 3 is 2.53 bits per heavy atom. The van der Waals surface area contributed by atoms with E-state index in [0.29, 0.717) is 4.32 Å². The quantitative estimate of drug-likeness (QED) is 0.708. The smallest absolute Gasteiger partial charge is 0.319 e. The second-order valence-electron chi connectivity index (χ2n) is 3.22. The number of rotatable bonds is 4. The lowest BCUT2D eigenvalue weighted by Gasteiger charge is -2.22. The summed E-state index contributed by atoms with van der Waals surface area (Å²) in [5.41, 5.74) is 0. The van der Waals surface area contributed by atoms with Gasteiger partial charge in [-0.1, -0.05) is 24.0 Å². The SMILES string of the molecule is CC1C(C(=O)O)SC(=S)N1CCC(=O)O. The van der Waals surface area contributed by atoms with Crippen LogP contribution in [0.3, 0.4) is 0 Å². The van der Waals surface area contributed by atoms with Gasteiger partial charge in [-0.05, 0) is 6.92 Å². The van der Waals surface area contributed by atoms with Gasteiger partial charge in [0.25, 0.3) is 0 Å². The third kappa shape index (κ3) is 2.82. The van der Waals surface area contributed by atoms with Crippen molar-refractivity contribution in [2.24, 2.45) is 0 Å². The largest absolute Gasteiger partial charge is 0.481 e. The van der Waals surface area contributed by atoms with Gasteiger partial charge in [0, 0.05) is 6.54 Å². The number of thiocarbonyl (C=S) groups is 1. The highest BCUT2D eigenvalue weighted by atomic mass is 32.2. The Kier molecular flexibility index (Phi) is 3.92. The van der Waals surface area contributed by atoms with Crippen molar-refractivity contribution in [3.05, 3.63) is 0 Å². The first kappa shape index (κ1) is 12.3. The molecule has 0 saturated carbocycles. The van der Waals surface area contributed by atoms with Gasteiger partial charge in [0.15, 0.2) is 0 Å². The molecule has 0 aliphatic carbocycles. The zero-order chi connectivity index (χ0) is 11.6. The van der Waals surface area contributed by atoms with Crippen molar-refractivity contribution in [2.45, 2.75) is 24.6 Å². The van der Waals surface area contributed by atoms with Crippen molar-refractivity contribution in [3.8, 4) is 0 Å². The van der Waals surface area contributed by atoms with E-state index in [4.69, 9.17) is 22.4 Å². The van der Waals surface area contributed by atoms with Crippen LogP contribution in [0.5, 0.6) is 0 Å². The summed E-state index contributed by atoms with van der Waals surface area (Å²) < 4.78 is 0.469. The van der Waals surface area contributed by atoms with Gasteiger partial charge in [-0.15, -0.1) is 0 Å². The third-order valence-electron chi connectivity index (χ3n) is 2.20. The minimum absolute atomic E-state index is 0.0304. The Balaban J connectivity index is 2.62. The lowest BCUT2D eigenvalue weighted by molar-refractivity contribution is -0.137. The Morgan fingerprint density at radius 2 is 2.13 bits per heavy atom. The van der Waals surface area contributed by atoms with Gasteiger partial charge >= 0.3 is 11.9 Å². The maximum absolute atomic E-state index is 10.8. The number of carboxylic acids is 2. The van der Waals surface area contributed by atoms with E-state index in [1.54, 1.807) is 11.8 Å². The Hall–Kier alpha value is -0.820. The van der Waals surface area contributed by atoms with Crippen LogP contribution in [-0.4, -0.2) is 49.2 Å². The first-order valence-electron chi connectivity index (χ1n) is 4.35. The molecule has 0 aromatic rings. The van der Waals surface area contributed by atoms with Gasteiger partial charge in [0.2, 0.25) is 0 Å². The summed E-state index contributed by atoms with van der Waals surface area (Å²) in [6.07, 6.45) is -0.0304.